The number of aromatic nitrogens is 2. The van der Waals surface area contributed by atoms with Crippen LogP contribution in [0.5, 0.6) is 0 Å². The van der Waals surface area contributed by atoms with E-state index in [-0.39, 0.29) is 25.0 Å². The maximum Gasteiger partial charge on any atom is 0.408 e. The fraction of sp³-hybridized carbons (Fsp3) is 0.722. The van der Waals surface area contributed by atoms with Crippen LogP contribution in [0, 0.1) is 0 Å². The summed E-state index contributed by atoms with van der Waals surface area (Å²) in [6.45, 7) is 3.22. The van der Waals surface area contributed by atoms with Gasteiger partial charge in [-0.2, -0.15) is 18.2 Å². The molecule has 1 aromatic rings. The Bertz CT molecular complexity index is 855. The topological polar surface area (TPSA) is 80.1 Å². The molecule has 0 bridgehead atoms. The Labute approximate surface area is 170 Å². The molecule has 3 aliphatic rings. The van der Waals surface area contributed by atoms with E-state index in [2.05, 4.69) is 4.98 Å². The van der Waals surface area contributed by atoms with E-state index in [4.69, 9.17) is 9.57 Å². The van der Waals surface area contributed by atoms with E-state index in [1.807, 2.05) is 11.8 Å². The van der Waals surface area contributed by atoms with Crippen LogP contribution in [0.25, 0.3) is 0 Å². The lowest BCUT2D eigenvalue weighted by Gasteiger charge is -2.40. The normalized spacial score (nSPS) is 24.9. The first-order valence-electron chi connectivity index (χ1n) is 9.98. The van der Waals surface area contributed by atoms with Crippen molar-refractivity contribution < 1.29 is 27.5 Å². The Balaban J connectivity index is 1.72. The highest BCUT2D eigenvalue weighted by atomic mass is 19.4. The summed E-state index contributed by atoms with van der Waals surface area (Å²) < 4.78 is 48.0. The number of halogens is 3. The van der Waals surface area contributed by atoms with E-state index < -0.39 is 30.2 Å². The highest BCUT2D eigenvalue weighted by Gasteiger charge is 2.48. The molecule has 0 radical (unpaired) electrons. The number of amides is 1. The highest BCUT2D eigenvalue weighted by Crippen LogP contribution is 2.34. The van der Waals surface area contributed by atoms with Crippen LogP contribution in [-0.2, 0) is 20.9 Å². The number of ether oxygens (including phenoxy) is 1. The minimum Gasteiger partial charge on any atom is -0.377 e. The highest BCUT2D eigenvalue weighted by molar-refractivity contribution is 5.80. The maximum atomic E-state index is 13.8. The fourth-order valence-electron chi connectivity index (χ4n) is 4.06. The Morgan fingerprint density at radius 1 is 1.27 bits per heavy atom. The molecule has 2 saturated heterocycles. The molecule has 2 atom stereocenters. The molecule has 4 rings (SSSR count). The van der Waals surface area contributed by atoms with E-state index in [1.165, 1.54) is 10.6 Å². The quantitative estimate of drug-likeness (QED) is 0.700. The summed E-state index contributed by atoms with van der Waals surface area (Å²) in [7, 11) is 0. The van der Waals surface area contributed by atoms with E-state index in [0.29, 0.717) is 45.1 Å². The molecule has 0 unspecified atom stereocenters. The molecule has 12 heteroatoms. The molecule has 30 heavy (non-hydrogen) atoms. The number of hydrogen-bond acceptors (Lipinski definition) is 7. The van der Waals surface area contributed by atoms with Gasteiger partial charge in [0.1, 0.15) is 18.4 Å². The Kier molecular flexibility index (Phi) is 5.62. The Morgan fingerprint density at radius 2 is 2.07 bits per heavy atom. The first-order valence-corrected chi connectivity index (χ1v) is 9.98. The number of anilines is 2. The molecule has 0 spiro atoms. The summed E-state index contributed by atoms with van der Waals surface area (Å²) in [5.41, 5.74) is -0.441. The van der Waals surface area contributed by atoms with Crippen LogP contribution >= 0.6 is 0 Å². The predicted molar refractivity (Wildman–Crippen MR) is 100 cm³/mol. The Morgan fingerprint density at radius 3 is 2.73 bits per heavy atom. The SMILES string of the molecule is C[C@@H]1COCCN1c1cc(=O)n2c(n1)N(CC(=O)N1CCCO1)[C@H](C(F)(F)F)CC2. The summed E-state index contributed by atoms with van der Waals surface area (Å²) in [5, 5.41) is 1.08. The number of carbonyl (C=O) groups is 1. The van der Waals surface area contributed by atoms with E-state index in [0.717, 1.165) is 9.96 Å². The third kappa shape index (κ3) is 3.97. The van der Waals surface area contributed by atoms with Gasteiger partial charge < -0.3 is 14.5 Å². The number of hydrogen-bond donors (Lipinski definition) is 0. The minimum atomic E-state index is -4.57. The molecular formula is C18H24F3N5O4. The molecule has 0 saturated carbocycles. The van der Waals surface area contributed by atoms with Crippen molar-refractivity contribution in [1.82, 2.24) is 14.6 Å². The largest absolute Gasteiger partial charge is 0.408 e. The van der Waals surface area contributed by atoms with Gasteiger partial charge in [-0.05, 0) is 19.8 Å². The van der Waals surface area contributed by atoms with E-state index in [1.54, 1.807) is 0 Å². The van der Waals surface area contributed by atoms with Gasteiger partial charge in [0.2, 0.25) is 5.95 Å². The van der Waals surface area contributed by atoms with Crippen molar-refractivity contribution in [3.05, 3.63) is 16.4 Å². The third-order valence-corrected chi connectivity index (χ3v) is 5.61. The third-order valence-electron chi connectivity index (χ3n) is 5.61. The molecule has 0 aliphatic carbocycles. The number of fused-ring (bicyclic) bond motifs is 1. The standard InChI is InChI=1S/C18H24F3N5O4/c1-12-11-29-8-6-23(12)14-9-15(27)24-5-3-13(18(19,20)21)25(17(24)22-14)10-16(28)26-4-2-7-30-26/h9,12-13H,2-8,10-11H2,1H3/t12-,13+/m1/s1. The number of carbonyl (C=O) groups excluding carboxylic acids is 1. The zero-order valence-electron chi connectivity index (χ0n) is 16.6. The molecule has 9 nitrogen and oxygen atoms in total. The number of alkyl halides is 3. The molecule has 2 fully saturated rings. The smallest absolute Gasteiger partial charge is 0.377 e. The first-order chi connectivity index (χ1) is 14.3. The van der Waals surface area contributed by atoms with Gasteiger partial charge >= 0.3 is 6.18 Å². The summed E-state index contributed by atoms with van der Waals surface area (Å²) in [6.07, 6.45) is -4.28. The van der Waals surface area contributed by atoms with Gasteiger partial charge in [0.05, 0.1) is 32.4 Å². The first kappa shape index (κ1) is 20.9. The summed E-state index contributed by atoms with van der Waals surface area (Å²) in [4.78, 5) is 37.6. The minimum absolute atomic E-state index is 0.0798. The second-order valence-corrected chi connectivity index (χ2v) is 7.68. The van der Waals surface area contributed by atoms with Crippen LogP contribution in [0.4, 0.5) is 24.9 Å². The summed E-state index contributed by atoms with van der Waals surface area (Å²) in [5.74, 6) is -0.438. The zero-order valence-corrected chi connectivity index (χ0v) is 16.6. The van der Waals surface area contributed by atoms with Gasteiger partial charge in [-0.15, -0.1) is 0 Å². The molecule has 0 N–H and O–H groups in total. The number of nitrogens with zero attached hydrogens (tertiary/aromatic N) is 5. The second-order valence-electron chi connectivity index (χ2n) is 7.68. The van der Waals surface area contributed by atoms with Crippen molar-refractivity contribution in [3.8, 4) is 0 Å². The van der Waals surface area contributed by atoms with Crippen LogP contribution in [0.2, 0.25) is 0 Å². The fourth-order valence-corrected chi connectivity index (χ4v) is 4.06. The van der Waals surface area contributed by atoms with Gasteiger partial charge in [0, 0.05) is 19.2 Å². The number of morpholine rings is 1. The molecule has 4 heterocycles. The lowest BCUT2D eigenvalue weighted by molar-refractivity contribution is -0.170. The van der Waals surface area contributed by atoms with Gasteiger partial charge in [-0.25, -0.2) is 5.06 Å². The summed E-state index contributed by atoms with van der Waals surface area (Å²) >= 11 is 0. The second kappa shape index (κ2) is 8.06. The van der Waals surface area contributed by atoms with Crippen molar-refractivity contribution in [2.45, 2.75) is 44.6 Å². The Hall–Kier alpha value is -2.34. The average molecular weight is 431 g/mol. The van der Waals surface area contributed by atoms with Crippen LogP contribution in [-0.4, -0.2) is 78.2 Å². The van der Waals surface area contributed by atoms with Crippen LogP contribution < -0.4 is 15.4 Å². The molecule has 166 valence electrons. The lowest BCUT2D eigenvalue weighted by atomic mass is 10.1. The van der Waals surface area contributed by atoms with Crippen molar-refractivity contribution in [1.29, 1.82) is 0 Å². The molecule has 0 aromatic carbocycles. The average Bonchev–Trinajstić information content (AvgIpc) is 3.23. The number of hydroxylamine groups is 2. The lowest BCUT2D eigenvalue weighted by Crippen LogP contribution is -2.55. The molecule has 1 amide bonds. The van der Waals surface area contributed by atoms with Crippen LogP contribution in [0.15, 0.2) is 10.9 Å². The van der Waals surface area contributed by atoms with E-state index >= 15 is 0 Å². The van der Waals surface area contributed by atoms with Gasteiger partial charge in [-0.3, -0.25) is 19.0 Å². The summed E-state index contributed by atoms with van der Waals surface area (Å²) in [6, 6.07) is -0.653. The number of rotatable bonds is 3. The predicted octanol–water partition coefficient (Wildman–Crippen LogP) is 0.773. The van der Waals surface area contributed by atoms with Gasteiger partial charge in [0.25, 0.3) is 11.5 Å². The van der Waals surface area contributed by atoms with Crippen molar-refractivity contribution in [2.75, 3.05) is 49.3 Å². The van der Waals surface area contributed by atoms with Crippen molar-refractivity contribution >= 4 is 17.7 Å². The molecular weight excluding hydrogens is 407 g/mol. The van der Waals surface area contributed by atoms with Gasteiger partial charge in [-0.1, -0.05) is 0 Å². The van der Waals surface area contributed by atoms with Crippen molar-refractivity contribution in [2.24, 2.45) is 0 Å². The maximum absolute atomic E-state index is 13.8. The zero-order chi connectivity index (χ0) is 21.5. The van der Waals surface area contributed by atoms with Crippen LogP contribution in [0.1, 0.15) is 19.8 Å². The molecule has 3 aliphatic heterocycles. The monoisotopic (exact) mass is 431 g/mol. The van der Waals surface area contributed by atoms with E-state index in [9.17, 15) is 22.8 Å². The van der Waals surface area contributed by atoms with Crippen LogP contribution in [0.3, 0.4) is 0 Å². The molecule has 1 aromatic heterocycles. The van der Waals surface area contributed by atoms with Crippen molar-refractivity contribution in [3.63, 3.8) is 0 Å². The van der Waals surface area contributed by atoms with Gasteiger partial charge in [0.15, 0.2) is 0 Å².